The molecule has 0 aromatic rings. The first-order chi connectivity index (χ1) is 6.71. The average molecular weight is 328 g/mol. The van der Waals surface area contributed by atoms with Gasteiger partial charge >= 0.3 is 5.97 Å². The zero-order chi connectivity index (χ0) is 11.7. The summed E-state index contributed by atoms with van der Waals surface area (Å²) in [6, 6.07) is 0. The number of carbonyl (C=O) groups excluding carboxylic acids is 1. The molecular formula is C10H17IO4. The van der Waals surface area contributed by atoms with Gasteiger partial charge in [0.15, 0.2) is 5.79 Å². The van der Waals surface area contributed by atoms with Crippen LogP contribution in [-0.2, 0) is 19.0 Å². The summed E-state index contributed by atoms with van der Waals surface area (Å²) in [4.78, 5) is 11.5. The molecule has 1 rings (SSSR count). The summed E-state index contributed by atoms with van der Waals surface area (Å²) < 4.78 is 15.5. The summed E-state index contributed by atoms with van der Waals surface area (Å²) >= 11 is 2.05. The maximum atomic E-state index is 11.5. The maximum Gasteiger partial charge on any atom is 0.321 e. The topological polar surface area (TPSA) is 44.8 Å². The van der Waals surface area contributed by atoms with E-state index in [1.54, 1.807) is 0 Å². The standard InChI is InChI=1S/C10H17IO4/c1-9(2,11)8(12)13-5-7-6-14-10(3,4)15-7/h7H,5-6H2,1-4H3. The van der Waals surface area contributed by atoms with Gasteiger partial charge in [0.05, 0.1) is 6.61 Å². The molecule has 15 heavy (non-hydrogen) atoms. The van der Waals surface area contributed by atoms with E-state index in [-0.39, 0.29) is 18.7 Å². The Hall–Kier alpha value is 0.120. The molecule has 0 bridgehead atoms. The van der Waals surface area contributed by atoms with E-state index in [0.29, 0.717) is 6.61 Å². The van der Waals surface area contributed by atoms with Crippen LogP contribution in [-0.4, -0.2) is 34.5 Å². The van der Waals surface area contributed by atoms with Crippen LogP contribution in [0, 0.1) is 0 Å². The molecule has 0 radical (unpaired) electrons. The molecule has 1 heterocycles. The fraction of sp³-hybridized carbons (Fsp3) is 0.900. The molecule has 1 atom stereocenters. The van der Waals surface area contributed by atoms with Crippen LogP contribution in [0.4, 0.5) is 0 Å². The fourth-order valence-electron chi connectivity index (χ4n) is 1.19. The van der Waals surface area contributed by atoms with Crippen molar-refractivity contribution < 1.29 is 19.0 Å². The van der Waals surface area contributed by atoms with Crippen molar-refractivity contribution in [2.24, 2.45) is 0 Å². The number of hydrogen-bond donors (Lipinski definition) is 0. The van der Waals surface area contributed by atoms with Gasteiger partial charge in [-0.2, -0.15) is 0 Å². The normalized spacial score (nSPS) is 25.3. The minimum absolute atomic E-state index is 0.150. The van der Waals surface area contributed by atoms with E-state index in [0.717, 1.165) is 0 Å². The van der Waals surface area contributed by atoms with E-state index in [1.807, 2.05) is 50.3 Å². The van der Waals surface area contributed by atoms with Crippen molar-refractivity contribution in [2.75, 3.05) is 13.2 Å². The van der Waals surface area contributed by atoms with Crippen LogP contribution < -0.4 is 0 Å². The molecule has 1 saturated heterocycles. The van der Waals surface area contributed by atoms with Gasteiger partial charge in [-0.05, 0) is 27.7 Å². The Balaban J connectivity index is 2.31. The van der Waals surface area contributed by atoms with Crippen molar-refractivity contribution in [1.82, 2.24) is 0 Å². The molecule has 0 aromatic heterocycles. The highest BCUT2D eigenvalue weighted by molar-refractivity contribution is 14.1. The number of esters is 1. The average Bonchev–Trinajstić information content (AvgIpc) is 2.39. The highest BCUT2D eigenvalue weighted by atomic mass is 127. The van der Waals surface area contributed by atoms with E-state index in [1.165, 1.54) is 0 Å². The van der Waals surface area contributed by atoms with Crippen LogP contribution in [0.25, 0.3) is 0 Å². The fourth-order valence-corrected chi connectivity index (χ4v) is 1.34. The van der Waals surface area contributed by atoms with Gasteiger partial charge in [0, 0.05) is 0 Å². The van der Waals surface area contributed by atoms with Crippen molar-refractivity contribution >= 4 is 28.6 Å². The second-order valence-corrected chi connectivity index (χ2v) is 7.22. The lowest BCUT2D eigenvalue weighted by Gasteiger charge is -2.19. The quantitative estimate of drug-likeness (QED) is 0.451. The highest BCUT2D eigenvalue weighted by Gasteiger charge is 2.34. The van der Waals surface area contributed by atoms with Gasteiger partial charge in [-0.25, -0.2) is 0 Å². The van der Waals surface area contributed by atoms with Gasteiger partial charge in [0.2, 0.25) is 0 Å². The molecule has 4 nitrogen and oxygen atoms in total. The molecule has 1 fully saturated rings. The lowest BCUT2D eigenvalue weighted by molar-refractivity contribution is -0.159. The molecule has 88 valence electrons. The van der Waals surface area contributed by atoms with Gasteiger partial charge in [-0.3, -0.25) is 4.79 Å². The number of ether oxygens (including phenoxy) is 3. The highest BCUT2D eigenvalue weighted by Crippen LogP contribution is 2.23. The first-order valence-corrected chi connectivity index (χ1v) is 5.96. The van der Waals surface area contributed by atoms with E-state index in [4.69, 9.17) is 14.2 Å². The van der Waals surface area contributed by atoms with Crippen molar-refractivity contribution in [3.05, 3.63) is 0 Å². The molecule has 0 aromatic carbocycles. The minimum Gasteiger partial charge on any atom is -0.462 e. The van der Waals surface area contributed by atoms with Crippen LogP contribution in [0.1, 0.15) is 27.7 Å². The SMILES string of the molecule is CC1(C)OCC(COC(=O)C(C)(C)I)O1. The van der Waals surface area contributed by atoms with Crippen LogP contribution >= 0.6 is 22.6 Å². The molecule has 1 aliphatic heterocycles. The first-order valence-electron chi connectivity index (χ1n) is 4.89. The third-order valence-corrected chi connectivity index (χ3v) is 2.39. The molecule has 0 aliphatic carbocycles. The molecule has 1 aliphatic rings. The number of carbonyl (C=O) groups is 1. The predicted octanol–water partition coefficient (Wildman–Crippen LogP) is 1.89. The Labute approximate surface area is 104 Å². The van der Waals surface area contributed by atoms with Gasteiger partial charge in [-0.15, -0.1) is 0 Å². The molecule has 0 N–H and O–H groups in total. The van der Waals surface area contributed by atoms with Gasteiger partial charge in [0.25, 0.3) is 0 Å². The van der Waals surface area contributed by atoms with Crippen molar-refractivity contribution in [3.8, 4) is 0 Å². The van der Waals surface area contributed by atoms with E-state index >= 15 is 0 Å². The summed E-state index contributed by atoms with van der Waals surface area (Å²) in [5.74, 6) is -0.784. The summed E-state index contributed by atoms with van der Waals surface area (Å²) in [5, 5.41) is 0. The van der Waals surface area contributed by atoms with E-state index in [2.05, 4.69) is 0 Å². The zero-order valence-corrected chi connectivity index (χ0v) is 11.7. The maximum absolute atomic E-state index is 11.5. The van der Waals surface area contributed by atoms with E-state index in [9.17, 15) is 4.79 Å². The zero-order valence-electron chi connectivity index (χ0n) is 9.50. The molecule has 0 amide bonds. The van der Waals surface area contributed by atoms with Crippen molar-refractivity contribution in [3.63, 3.8) is 0 Å². The van der Waals surface area contributed by atoms with Crippen molar-refractivity contribution in [2.45, 2.75) is 43.0 Å². The number of hydrogen-bond acceptors (Lipinski definition) is 4. The number of rotatable bonds is 3. The molecule has 5 heteroatoms. The monoisotopic (exact) mass is 328 g/mol. The Kier molecular flexibility index (Phi) is 4.00. The number of alkyl halides is 1. The lowest BCUT2D eigenvalue weighted by atomic mass is 10.2. The first kappa shape index (κ1) is 13.2. The third kappa shape index (κ3) is 4.24. The molecule has 0 saturated carbocycles. The summed E-state index contributed by atoms with van der Waals surface area (Å²) in [5.41, 5.74) is 0. The van der Waals surface area contributed by atoms with E-state index < -0.39 is 9.21 Å². The van der Waals surface area contributed by atoms with Gasteiger partial charge < -0.3 is 14.2 Å². The van der Waals surface area contributed by atoms with Crippen LogP contribution in [0.15, 0.2) is 0 Å². The van der Waals surface area contributed by atoms with Crippen LogP contribution in [0.2, 0.25) is 0 Å². The van der Waals surface area contributed by atoms with Crippen LogP contribution in [0.5, 0.6) is 0 Å². The smallest absolute Gasteiger partial charge is 0.321 e. The van der Waals surface area contributed by atoms with Crippen molar-refractivity contribution in [1.29, 1.82) is 0 Å². The number of halogens is 1. The third-order valence-electron chi connectivity index (χ3n) is 1.95. The second-order valence-electron chi connectivity index (χ2n) is 4.52. The molecule has 1 unspecified atom stereocenters. The second kappa shape index (κ2) is 4.55. The lowest BCUT2D eigenvalue weighted by Crippen LogP contribution is -2.31. The molecular weight excluding hydrogens is 311 g/mol. The van der Waals surface area contributed by atoms with Gasteiger partial charge in [0.1, 0.15) is 16.1 Å². The largest absolute Gasteiger partial charge is 0.462 e. The summed E-state index contributed by atoms with van der Waals surface area (Å²) in [6.45, 7) is 8.04. The summed E-state index contributed by atoms with van der Waals surface area (Å²) in [6.07, 6.45) is -0.150. The molecule has 0 spiro atoms. The Morgan fingerprint density at radius 3 is 2.60 bits per heavy atom. The summed E-state index contributed by atoms with van der Waals surface area (Å²) in [7, 11) is 0. The van der Waals surface area contributed by atoms with Gasteiger partial charge in [-0.1, -0.05) is 22.6 Å². The Morgan fingerprint density at radius 1 is 1.60 bits per heavy atom. The Bertz CT molecular complexity index is 244. The Morgan fingerprint density at radius 2 is 2.20 bits per heavy atom. The predicted molar refractivity (Wildman–Crippen MR) is 64.0 cm³/mol. The minimum atomic E-state index is -0.559. The van der Waals surface area contributed by atoms with Crippen LogP contribution in [0.3, 0.4) is 0 Å².